The molecule has 0 saturated heterocycles. The Balaban J connectivity index is 1.73. The van der Waals surface area contributed by atoms with Crippen molar-refractivity contribution in [1.82, 2.24) is 9.97 Å². The van der Waals surface area contributed by atoms with Gasteiger partial charge in [-0.1, -0.05) is 18.2 Å². The van der Waals surface area contributed by atoms with Crippen molar-refractivity contribution in [3.63, 3.8) is 0 Å². The summed E-state index contributed by atoms with van der Waals surface area (Å²) in [5.41, 5.74) is 0. The Morgan fingerprint density at radius 3 is 2.71 bits per heavy atom. The van der Waals surface area contributed by atoms with Gasteiger partial charge < -0.3 is 10.1 Å². The fourth-order valence-corrected chi connectivity index (χ4v) is 1.52. The maximum atomic E-state index is 5.63. The van der Waals surface area contributed by atoms with Crippen molar-refractivity contribution >= 4 is 5.82 Å². The van der Waals surface area contributed by atoms with Crippen LogP contribution in [0.1, 0.15) is 12.8 Å². The molecule has 3 rings (SSSR count). The lowest BCUT2D eigenvalue weighted by atomic mass is 10.3. The SMILES string of the molecule is c1ccc(Oc2cc(NC3CC3)ncn2)cc1. The molecule has 4 nitrogen and oxygen atoms in total. The first-order valence-electron chi connectivity index (χ1n) is 5.72. The Bertz CT molecular complexity index is 497. The van der Waals surface area contributed by atoms with Crippen molar-refractivity contribution in [1.29, 1.82) is 0 Å². The Hall–Kier alpha value is -2.10. The van der Waals surface area contributed by atoms with Gasteiger partial charge in [-0.05, 0) is 25.0 Å². The van der Waals surface area contributed by atoms with Crippen molar-refractivity contribution < 1.29 is 4.74 Å². The Morgan fingerprint density at radius 1 is 1.12 bits per heavy atom. The van der Waals surface area contributed by atoms with Crippen LogP contribution in [0.25, 0.3) is 0 Å². The van der Waals surface area contributed by atoms with Gasteiger partial charge in [0.1, 0.15) is 17.9 Å². The third-order valence-corrected chi connectivity index (χ3v) is 2.54. The summed E-state index contributed by atoms with van der Waals surface area (Å²) in [6, 6.07) is 12.0. The van der Waals surface area contributed by atoms with Gasteiger partial charge in [0.05, 0.1) is 0 Å². The highest BCUT2D eigenvalue weighted by atomic mass is 16.5. The molecule has 1 aliphatic carbocycles. The minimum atomic E-state index is 0.564. The summed E-state index contributed by atoms with van der Waals surface area (Å²) in [4.78, 5) is 8.25. The molecule has 1 aliphatic rings. The Morgan fingerprint density at radius 2 is 1.94 bits per heavy atom. The highest BCUT2D eigenvalue weighted by molar-refractivity contribution is 5.40. The molecule has 0 aliphatic heterocycles. The van der Waals surface area contributed by atoms with E-state index in [0.717, 1.165) is 11.6 Å². The van der Waals surface area contributed by atoms with Gasteiger partial charge in [0.15, 0.2) is 0 Å². The highest BCUT2D eigenvalue weighted by Gasteiger charge is 2.21. The van der Waals surface area contributed by atoms with Crippen LogP contribution < -0.4 is 10.1 Å². The van der Waals surface area contributed by atoms with E-state index in [2.05, 4.69) is 15.3 Å². The number of ether oxygens (including phenoxy) is 1. The van der Waals surface area contributed by atoms with E-state index in [0.29, 0.717) is 11.9 Å². The minimum absolute atomic E-state index is 0.564. The number of hydrogen-bond donors (Lipinski definition) is 1. The molecule has 1 fully saturated rings. The van der Waals surface area contributed by atoms with Crippen LogP contribution in [0.5, 0.6) is 11.6 Å². The van der Waals surface area contributed by atoms with Gasteiger partial charge in [-0.15, -0.1) is 0 Å². The van der Waals surface area contributed by atoms with Gasteiger partial charge in [0.2, 0.25) is 5.88 Å². The Kier molecular flexibility index (Phi) is 2.62. The van der Waals surface area contributed by atoms with Crippen molar-refractivity contribution in [2.24, 2.45) is 0 Å². The van der Waals surface area contributed by atoms with Crippen molar-refractivity contribution in [3.8, 4) is 11.6 Å². The van der Waals surface area contributed by atoms with E-state index in [9.17, 15) is 0 Å². The smallest absolute Gasteiger partial charge is 0.224 e. The van der Waals surface area contributed by atoms with E-state index in [-0.39, 0.29) is 0 Å². The van der Waals surface area contributed by atoms with Gasteiger partial charge in [-0.3, -0.25) is 0 Å². The zero-order chi connectivity index (χ0) is 11.5. The molecular formula is C13H13N3O. The number of aromatic nitrogens is 2. The second-order valence-corrected chi connectivity index (χ2v) is 4.08. The van der Waals surface area contributed by atoms with Gasteiger partial charge in [-0.2, -0.15) is 0 Å². The number of anilines is 1. The molecule has 1 aromatic carbocycles. The second kappa shape index (κ2) is 4.41. The van der Waals surface area contributed by atoms with Gasteiger partial charge in [0.25, 0.3) is 0 Å². The van der Waals surface area contributed by atoms with E-state index < -0.39 is 0 Å². The summed E-state index contributed by atoms with van der Waals surface area (Å²) in [5.74, 6) is 2.17. The van der Waals surface area contributed by atoms with E-state index in [1.807, 2.05) is 36.4 Å². The lowest BCUT2D eigenvalue weighted by molar-refractivity contribution is 0.462. The maximum absolute atomic E-state index is 5.63. The maximum Gasteiger partial charge on any atom is 0.224 e. The molecule has 1 N–H and O–H groups in total. The molecule has 1 heterocycles. The fraction of sp³-hybridized carbons (Fsp3) is 0.231. The molecule has 17 heavy (non-hydrogen) atoms. The monoisotopic (exact) mass is 227 g/mol. The molecule has 86 valence electrons. The van der Waals surface area contributed by atoms with Gasteiger partial charge in [-0.25, -0.2) is 9.97 Å². The normalized spacial score (nSPS) is 14.4. The predicted octanol–water partition coefficient (Wildman–Crippen LogP) is 2.84. The molecule has 0 radical (unpaired) electrons. The molecular weight excluding hydrogens is 214 g/mol. The summed E-state index contributed by atoms with van der Waals surface area (Å²) in [6.45, 7) is 0. The van der Waals surface area contributed by atoms with Crippen molar-refractivity contribution in [2.45, 2.75) is 18.9 Å². The lowest BCUT2D eigenvalue weighted by Gasteiger charge is -2.06. The third kappa shape index (κ3) is 2.72. The molecule has 0 unspecified atom stereocenters. The van der Waals surface area contributed by atoms with E-state index in [1.165, 1.54) is 19.2 Å². The van der Waals surface area contributed by atoms with Crippen molar-refractivity contribution in [3.05, 3.63) is 42.7 Å². The summed E-state index contributed by atoms with van der Waals surface area (Å²) < 4.78 is 5.63. The first-order valence-corrected chi connectivity index (χ1v) is 5.72. The summed E-state index contributed by atoms with van der Waals surface area (Å²) >= 11 is 0. The standard InChI is InChI=1S/C13H13N3O/c1-2-4-11(5-3-1)17-13-8-12(14-9-15-13)16-10-6-7-10/h1-5,8-10H,6-7H2,(H,14,15,16). The number of hydrogen-bond acceptors (Lipinski definition) is 4. The van der Waals surface area contributed by atoms with Crippen LogP contribution >= 0.6 is 0 Å². The molecule has 0 spiro atoms. The summed E-state index contributed by atoms with van der Waals surface area (Å²) in [7, 11) is 0. The number of nitrogens with zero attached hydrogens (tertiary/aromatic N) is 2. The van der Waals surface area contributed by atoms with Crippen LogP contribution in [0.15, 0.2) is 42.7 Å². The van der Waals surface area contributed by atoms with Gasteiger partial charge in [0, 0.05) is 12.1 Å². The second-order valence-electron chi connectivity index (χ2n) is 4.08. The molecule has 1 aromatic heterocycles. The first-order chi connectivity index (χ1) is 8.40. The lowest BCUT2D eigenvalue weighted by Crippen LogP contribution is -2.03. The van der Waals surface area contributed by atoms with Crippen LogP contribution in [0.3, 0.4) is 0 Å². The predicted molar refractivity (Wildman–Crippen MR) is 65.2 cm³/mol. The average Bonchev–Trinajstić information content (AvgIpc) is 3.15. The summed E-state index contributed by atoms with van der Waals surface area (Å²) in [6.07, 6.45) is 3.96. The van der Waals surface area contributed by atoms with Crippen LogP contribution in [-0.2, 0) is 0 Å². The number of nitrogens with one attached hydrogen (secondary N) is 1. The van der Waals surface area contributed by atoms with E-state index in [4.69, 9.17) is 4.74 Å². The topological polar surface area (TPSA) is 47.0 Å². The van der Waals surface area contributed by atoms with Crippen molar-refractivity contribution in [2.75, 3.05) is 5.32 Å². The van der Waals surface area contributed by atoms with Crippen LogP contribution in [0.2, 0.25) is 0 Å². The molecule has 0 amide bonds. The Labute approximate surface area is 99.7 Å². The van der Waals surface area contributed by atoms with Crippen LogP contribution in [0, 0.1) is 0 Å². The number of benzene rings is 1. The number of rotatable bonds is 4. The van der Waals surface area contributed by atoms with Crippen LogP contribution in [-0.4, -0.2) is 16.0 Å². The molecule has 0 atom stereocenters. The average molecular weight is 227 g/mol. The highest BCUT2D eigenvalue weighted by Crippen LogP contribution is 2.25. The molecule has 0 bridgehead atoms. The minimum Gasteiger partial charge on any atom is -0.439 e. The third-order valence-electron chi connectivity index (χ3n) is 2.54. The zero-order valence-electron chi connectivity index (χ0n) is 9.34. The van der Waals surface area contributed by atoms with E-state index >= 15 is 0 Å². The molecule has 4 heteroatoms. The largest absolute Gasteiger partial charge is 0.439 e. The molecule has 2 aromatic rings. The quantitative estimate of drug-likeness (QED) is 0.872. The molecule has 1 saturated carbocycles. The van der Waals surface area contributed by atoms with Crippen LogP contribution in [0.4, 0.5) is 5.82 Å². The number of para-hydroxylation sites is 1. The summed E-state index contributed by atoms with van der Waals surface area (Å²) in [5, 5.41) is 3.31. The zero-order valence-corrected chi connectivity index (χ0v) is 9.34. The first kappa shape index (κ1) is 10.1. The van der Waals surface area contributed by atoms with E-state index in [1.54, 1.807) is 0 Å². The van der Waals surface area contributed by atoms with Gasteiger partial charge >= 0.3 is 0 Å². The fourth-order valence-electron chi connectivity index (χ4n) is 1.52.